The van der Waals surface area contributed by atoms with Crippen molar-refractivity contribution < 1.29 is 0 Å². The first-order valence-electron chi connectivity index (χ1n) is 15.0. The number of fused-ring (bicyclic) bond motifs is 3. The fourth-order valence-electron chi connectivity index (χ4n) is 6.37. The van der Waals surface area contributed by atoms with Gasteiger partial charge in [-0.1, -0.05) is 109 Å². The molecule has 0 saturated heterocycles. The summed E-state index contributed by atoms with van der Waals surface area (Å²) in [7, 11) is 0. The maximum atomic E-state index is 8.92. The second-order valence-corrected chi connectivity index (χ2v) is 11.1. The van der Waals surface area contributed by atoms with E-state index in [0.29, 0.717) is 11.4 Å². The summed E-state index contributed by atoms with van der Waals surface area (Å²) in [4.78, 5) is 4.10. The molecule has 0 fully saturated rings. The highest BCUT2D eigenvalue weighted by molar-refractivity contribution is 6.52. The number of anilines is 1. The minimum atomic E-state index is 0.361. The summed E-state index contributed by atoms with van der Waals surface area (Å²) in [5.74, 6) is 0. The van der Waals surface area contributed by atoms with Gasteiger partial charge < -0.3 is 0 Å². The molecule has 0 atom stereocenters. The number of rotatable bonds is 5. The maximum absolute atomic E-state index is 8.92. The fourth-order valence-corrected chi connectivity index (χ4v) is 6.37. The molecule has 0 aliphatic heterocycles. The van der Waals surface area contributed by atoms with Crippen LogP contribution in [0.4, 0.5) is 5.69 Å². The van der Waals surface area contributed by atoms with Gasteiger partial charge in [-0.2, -0.15) is 5.10 Å². The SMILES string of the molecule is N=C1C=C(c2c3ccccc3c(-c3cccc4ccccc34)c3ccccc23)C=C/C1=N/Nc1ccc(-c2ccncc2)cc1. The van der Waals surface area contributed by atoms with Crippen molar-refractivity contribution in [1.82, 2.24) is 4.98 Å². The lowest BCUT2D eigenvalue weighted by Gasteiger charge is -2.20. The third-order valence-electron chi connectivity index (χ3n) is 8.48. The third kappa shape index (κ3) is 4.79. The highest BCUT2D eigenvalue weighted by Crippen LogP contribution is 2.44. The van der Waals surface area contributed by atoms with Crippen LogP contribution in [0.25, 0.3) is 60.1 Å². The Kier molecular flexibility index (Phi) is 6.58. The van der Waals surface area contributed by atoms with Crippen molar-refractivity contribution in [3.63, 3.8) is 0 Å². The Hall–Kier alpha value is -6.13. The van der Waals surface area contributed by atoms with Gasteiger partial charge >= 0.3 is 0 Å². The van der Waals surface area contributed by atoms with Crippen LogP contribution in [0.15, 0.2) is 163 Å². The summed E-state index contributed by atoms with van der Waals surface area (Å²) in [6, 6.07) is 44.5. The first-order chi connectivity index (χ1) is 22.2. The molecule has 1 heterocycles. The number of hydrogen-bond donors (Lipinski definition) is 2. The van der Waals surface area contributed by atoms with Crippen LogP contribution in [-0.4, -0.2) is 16.4 Å². The molecule has 1 aliphatic rings. The second kappa shape index (κ2) is 11.2. The van der Waals surface area contributed by atoms with Crippen LogP contribution >= 0.6 is 0 Å². The average molecular weight is 577 g/mol. The highest BCUT2D eigenvalue weighted by Gasteiger charge is 2.20. The van der Waals surface area contributed by atoms with Crippen LogP contribution < -0.4 is 5.43 Å². The molecule has 6 aromatic carbocycles. The minimum Gasteiger partial charge on any atom is -0.299 e. The van der Waals surface area contributed by atoms with Gasteiger partial charge in [-0.3, -0.25) is 15.8 Å². The summed E-state index contributed by atoms with van der Waals surface area (Å²) in [5, 5.41) is 20.7. The van der Waals surface area contributed by atoms with Gasteiger partial charge in [0, 0.05) is 12.4 Å². The van der Waals surface area contributed by atoms with Gasteiger partial charge in [0.15, 0.2) is 0 Å². The monoisotopic (exact) mass is 576 g/mol. The van der Waals surface area contributed by atoms with Crippen molar-refractivity contribution >= 4 is 55.0 Å². The number of hydrazone groups is 1. The van der Waals surface area contributed by atoms with E-state index in [4.69, 9.17) is 5.41 Å². The number of hydrogen-bond acceptors (Lipinski definition) is 4. The third-order valence-corrected chi connectivity index (χ3v) is 8.48. The molecule has 4 heteroatoms. The van der Waals surface area contributed by atoms with E-state index in [9.17, 15) is 0 Å². The zero-order chi connectivity index (χ0) is 30.2. The molecule has 0 bridgehead atoms. The van der Waals surface area contributed by atoms with E-state index < -0.39 is 0 Å². The largest absolute Gasteiger partial charge is 0.299 e. The fraction of sp³-hybridized carbons (Fsp3) is 0. The number of aromatic nitrogens is 1. The molecule has 212 valence electrons. The molecule has 2 N–H and O–H groups in total. The van der Waals surface area contributed by atoms with Gasteiger partial charge in [-0.15, -0.1) is 0 Å². The molecule has 0 saturated carbocycles. The van der Waals surface area contributed by atoms with Crippen LogP contribution in [0, 0.1) is 5.41 Å². The normalized spacial score (nSPS) is 13.9. The summed E-state index contributed by atoms with van der Waals surface area (Å²) >= 11 is 0. The highest BCUT2D eigenvalue weighted by atomic mass is 15.3. The molecule has 0 spiro atoms. The van der Waals surface area contributed by atoms with Gasteiger partial charge in [0.2, 0.25) is 0 Å². The zero-order valence-electron chi connectivity index (χ0n) is 24.4. The summed E-state index contributed by atoms with van der Waals surface area (Å²) in [5.41, 5.74) is 11.7. The number of nitrogens with one attached hydrogen (secondary N) is 2. The Bertz CT molecular complexity index is 2280. The van der Waals surface area contributed by atoms with Crippen molar-refractivity contribution in [3.8, 4) is 22.3 Å². The number of benzene rings is 6. The van der Waals surface area contributed by atoms with Gasteiger partial charge in [0.25, 0.3) is 0 Å². The van der Waals surface area contributed by atoms with Crippen LogP contribution in [0.2, 0.25) is 0 Å². The summed E-state index contributed by atoms with van der Waals surface area (Å²) in [6.45, 7) is 0. The molecule has 4 nitrogen and oxygen atoms in total. The van der Waals surface area contributed by atoms with Crippen molar-refractivity contribution in [3.05, 3.63) is 164 Å². The summed E-state index contributed by atoms with van der Waals surface area (Å²) < 4.78 is 0. The van der Waals surface area contributed by atoms with Crippen molar-refractivity contribution in [2.45, 2.75) is 0 Å². The van der Waals surface area contributed by atoms with E-state index in [-0.39, 0.29) is 0 Å². The Morgan fingerprint density at radius 1 is 0.533 bits per heavy atom. The predicted molar refractivity (Wildman–Crippen MR) is 190 cm³/mol. The number of pyridine rings is 1. The van der Waals surface area contributed by atoms with Gasteiger partial charge in [-0.25, -0.2) is 0 Å². The van der Waals surface area contributed by atoms with Crippen LogP contribution in [0.1, 0.15) is 5.56 Å². The van der Waals surface area contributed by atoms with E-state index in [1.807, 2.05) is 36.4 Å². The molecule has 1 aromatic heterocycles. The Morgan fingerprint density at radius 2 is 1.11 bits per heavy atom. The molecule has 0 radical (unpaired) electrons. The molecular weight excluding hydrogens is 548 g/mol. The Labute approximate surface area is 261 Å². The Morgan fingerprint density at radius 3 is 1.78 bits per heavy atom. The van der Waals surface area contributed by atoms with Crippen molar-refractivity contribution in [2.24, 2.45) is 5.10 Å². The molecular formula is C41H28N4. The molecule has 7 aromatic rings. The van der Waals surface area contributed by atoms with Gasteiger partial charge in [0.1, 0.15) is 5.71 Å². The molecule has 0 amide bonds. The van der Waals surface area contributed by atoms with Crippen LogP contribution in [0.5, 0.6) is 0 Å². The minimum absolute atomic E-state index is 0.361. The van der Waals surface area contributed by atoms with Gasteiger partial charge in [-0.05, 0) is 102 Å². The Balaban J connectivity index is 1.18. The van der Waals surface area contributed by atoms with Crippen LogP contribution in [0.3, 0.4) is 0 Å². The quantitative estimate of drug-likeness (QED) is 0.122. The lowest BCUT2D eigenvalue weighted by atomic mass is 9.83. The average Bonchev–Trinajstić information content (AvgIpc) is 3.10. The standard InChI is InChI=1S/C41H28N4/c42-38-26-30(18-21-39(38)45-44-31-19-16-27(17-20-31)28-22-24-43-25-23-28)40-34-11-3-5-13-36(34)41(37-14-6-4-12-35(37)40)33-15-7-9-29-8-1-2-10-32(29)33/h1-26,42,44H/b42-38?,45-39-. The summed E-state index contributed by atoms with van der Waals surface area (Å²) in [6.07, 6.45) is 9.52. The zero-order valence-corrected chi connectivity index (χ0v) is 24.4. The van der Waals surface area contributed by atoms with E-state index in [1.54, 1.807) is 12.4 Å². The first kappa shape index (κ1) is 26.5. The second-order valence-electron chi connectivity index (χ2n) is 11.1. The smallest absolute Gasteiger partial charge is 0.108 e. The topological polar surface area (TPSA) is 61.1 Å². The molecule has 1 aliphatic carbocycles. The predicted octanol–water partition coefficient (Wildman–Crippen LogP) is 10.3. The van der Waals surface area contributed by atoms with Gasteiger partial charge in [0.05, 0.1) is 11.4 Å². The lowest BCUT2D eigenvalue weighted by molar-refractivity contribution is 1.32. The van der Waals surface area contributed by atoms with Crippen molar-refractivity contribution in [1.29, 1.82) is 5.41 Å². The lowest BCUT2D eigenvalue weighted by Crippen LogP contribution is -2.13. The molecule has 8 rings (SSSR count). The van der Waals surface area contributed by atoms with E-state index >= 15 is 0 Å². The maximum Gasteiger partial charge on any atom is 0.108 e. The van der Waals surface area contributed by atoms with E-state index in [0.717, 1.165) is 38.7 Å². The van der Waals surface area contributed by atoms with Crippen LogP contribution in [-0.2, 0) is 0 Å². The van der Waals surface area contributed by atoms with E-state index in [1.165, 1.54) is 32.7 Å². The molecule has 45 heavy (non-hydrogen) atoms. The van der Waals surface area contributed by atoms with Crippen molar-refractivity contribution in [2.75, 3.05) is 5.43 Å². The number of allylic oxidation sites excluding steroid dienone is 4. The molecule has 0 unspecified atom stereocenters. The first-order valence-corrected chi connectivity index (χ1v) is 15.0. The van der Waals surface area contributed by atoms with E-state index in [2.05, 4.69) is 125 Å². The number of nitrogens with zero attached hydrogens (tertiary/aromatic N) is 2.